The second-order valence-electron chi connectivity index (χ2n) is 9.26. The Morgan fingerprint density at radius 2 is 1.83 bits per heavy atom. The summed E-state index contributed by atoms with van der Waals surface area (Å²) in [5, 5.41) is 58.6. The molecule has 0 spiro atoms. The second kappa shape index (κ2) is 10.7. The van der Waals surface area contributed by atoms with Gasteiger partial charge in [-0.05, 0) is 17.7 Å². The average Bonchev–Trinajstić information content (AvgIpc) is 3.16. The number of carbonyl (C=O) groups excluding carboxylic acids is 2. The van der Waals surface area contributed by atoms with Crippen LogP contribution < -0.4 is 0 Å². The fraction of sp³-hybridized carbons (Fsp3) is 0.583. The van der Waals surface area contributed by atoms with Crippen molar-refractivity contribution in [1.29, 1.82) is 0 Å². The summed E-state index contributed by atoms with van der Waals surface area (Å²) in [5.74, 6) is -3.09. The minimum absolute atomic E-state index is 0.0218. The summed E-state index contributed by atoms with van der Waals surface area (Å²) in [5.41, 5.74) is 0.794. The summed E-state index contributed by atoms with van der Waals surface area (Å²) < 4.78 is 22.1. The lowest BCUT2D eigenvalue weighted by molar-refractivity contribution is -0.342. The molecule has 1 aromatic rings. The van der Waals surface area contributed by atoms with Crippen molar-refractivity contribution in [1.82, 2.24) is 0 Å². The van der Waals surface area contributed by atoms with Crippen LogP contribution in [0.25, 0.3) is 0 Å². The molecule has 2 fully saturated rings. The van der Waals surface area contributed by atoms with Gasteiger partial charge in [-0.3, -0.25) is 4.79 Å². The van der Waals surface area contributed by atoms with Gasteiger partial charge in [0.05, 0.1) is 25.0 Å². The Balaban J connectivity index is 1.43. The van der Waals surface area contributed by atoms with Gasteiger partial charge < -0.3 is 49.6 Å². The Morgan fingerprint density at radius 1 is 1.08 bits per heavy atom. The molecule has 1 aliphatic carbocycles. The van der Waals surface area contributed by atoms with Gasteiger partial charge in [-0.2, -0.15) is 0 Å². The van der Waals surface area contributed by atoms with Crippen molar-refractivity contribution in [3.63, 3.8) is 0 Å². The molecule has 12 nitrogen and oxygen atoms in total. The number of aliphatic hydroxyl groups excluding tert-OH is 4. The van der Waals surface area contributed by atoms with Gasteiger partial charge >= 0.3 is 5.97 Å². The number of benzene rings is 1. The van der Waals surface area contributed by atoms with Gasteiger partial charge in [0.25, 0.3) is 0 Å². The number of hydrogen-bond acceptors (Lipinski definition) is 12. The molecule has 1 saturated carbocycles. The van der Waals surface area contributed by atoms with E-state index in [1.54, 1.807) is 13.0 Å². The minimum atomic E-state index is -1.65. The highest BCUT2D eigenvalue weighted by Crippen LogP contribution is 2.46. The van der Waals surface area contributed by atoms with Gasteiger partial charge in [0.1, 0.15) is 30.2 Å². The second-order valence-corrected chi connectivity index (χ2v) is 9.26. The van der Waals surface area contributed by atoms with E-state index < -0.39 is 67.3 Å². The molecule has 1 saturated heterocycles. The third kappa shape index (κ3) is 5.05. The molecule has 0 bridgehead atoms. The molecule has 2 heterocycles. The number of Topliss-reactive ketones (excluding diaryl/α,β-unsaturated/α-hetero) is 1. The number of hydrogen-bond donors (Lipinski definition) is 6. The SMILES string of the molecule is C[C@H]1C(=O)C[C@@H]2C(C(=O)OCCc3ccc(O)c(O)c3)=CO[C@H](O[C@H]3O[C@@H](CO)[C@@H](O)[C@@H](O)[C@H]3O)[C@@H]21. The highest BCUT2D eigenvalue weighted by Gasteiger charge is 2.53. The average molecular weight is 510 g/mol. The van der Waals surface area contributed by atoms with E-state index in [-0.39, 0.29) is 42.3 Å². The van der Waals surface area contributed by atoms with Crippen molar-refractivity contribution >= 4 is 11.8 Å². The number of rotatable bonds is 7. The number of phenolic OH excluding ortho intramolecular Hbond substituents is 2. The Hall–Kier alpha value is -2.74. The quantitative estimate of drug-likeness (QED) is 0.196. The van der Waals surface area contributed by atoms with E-state index >= 15 is 0 Å². The van der Waals surface area contributed by atoms with Crippen LogP contribution in [0.4, 0.5) is 0 Å². The number of aromatic hydroxyl groups is 2. The van der Waals surface area contributed by atoms with E-state index in [9.17, 15) is 40.2 Å². The van der Waals surface area contributed by atoms with Gasteiger partial charge in [-0.15, -0.1) is 0 Å². The van der Waals surface area contributed by atoms with Crippen LogP contribution in [-0.4, -0.2) is 92.6 Å². The summed E-state index contributed by atoms with van der Waals surface area (Å²) >= 11 is 0. The fourth-order valence-corrected chi connectivity index (χ4v) is 4.87. The van der Waals surface area contributed by atoms with Crippen molar-refractivity contribution in [3.05, 3.63) is 35.6 Å². The monoisotopic (exact) mass is 510 g/mol. The number of ether oxygens (including phenoxy) is 4. The maximum atomic E-state index is 12.8. The van der Waals surface area contributed by atoms with Gasteiger partial charge in [0, 0.05) is 30.6 Å². The molecule has 3 aliphatic rings. The molecule has 4 rings (SSSR count). The van der Waals surface area contributed by atoms with Crippen molar-refractivity contribution < 1.29 is 59.2 Å². The number of fused-ring (bicyclic) bond motifs is 1. The van der Waals surface area contributed by atoms with Crippen molar-refractivity contribution in [3.8, 4) is 11.5 Å². The summed E-state index contributed by atoms with van der Waals surface area (Å²) in [7, 11) is 0. The van der Waals surface area contributed by atoms with Gasteiger partial charge in [-0.1, -0.05) is 13.0 Å². The summed E-state index contributed by atoms with van der Waals surface area (Å²) in [4.78, 5) is 25.4. The lowest BCUT2D eigenvalue weighted by Gasteiger charge is -2.42. The predicted molar refractivity (Wildman–Crippen MR) is 118 cm³/mol. The molecule has 0 aromatic heterocycles. The van der Waals surface area contributed by atoms with Crippen LogP contribution in [0.15, 0.2) is 30.0 Å². The number of aliphatic hydroxyl groups is 4. The van der Waals surface area contributed by atoms with Crippen LogP contribution in [0.5, 0.6) is 11.5 Å². The van der Waals surface area contributed by atoms with Crippen LogP contribution >= 0.6 is 0 Å². The summed E-state index contributed by atoms with van der Waals surface area (Å²) in [6.45, 7) is 1.02. The molecule has 0 unspecified atom stereocenters. The van der Waals surface area contributed by atoms with E-state index in [0.29, 0.717) is 5.56 Å². The zero-order valence-corrected chi connectivity index (χ0v) is 19.5. The minimum Gasteiger partial charge on any atom is -0.504 e. The number of phenols is 2. The molecule has 0 amide bonds. The number of carbonyl (C=O) groups is 2. The maximum Gasteiger partial charge on any atom is 0.337 e. The van der Waals surface area contributed by atoms with E-state index in [1.807, 2.05) is 0 Å². The van der Waals surface area contributed by atoms with E-state index in [1.165, 1.54) is 12.1 Å². The zero-order valence-electron chi connectivity index (χ0n) is 19.5. The summed E-state index contributed by atoms with van der Waals surface area (Å²) in [6.07, 6.45) is -7.11. The van der Waals surface area contributed by atoms with E-state index in [0.717, 1.165) is 6.26 Å². The number of ketones is 1. The smallest absolute Gasteiger partial charge is 0.337 e. The third-order valence-corrected chi connectivity index (χ3v) is 7.03. The lowest BCUT2D eigenvalue weighted by atomic mass is 9.83. The molecule has 1 aromatic carbocycles. The van der Waals surface area contributed by atoms with E-state index in [4.69, 9.17) is 18.9 Å². The molecule has 6 N–H and O–H groups in total. The van der Waals surface area contributed by atoms with Crippen LogP contribution in [0, 0.1) is 17.8 Å². The molecule has 36 heavy (non-hydrogen) atoms. The Kier molecular flexibility index (Phi) is 7.83. The third-order valence-electron chi connectivity index (χ3n) is 7.03. The number of esters is 1. The molecule has 12 heteroatoms. The van der Waals surface area contributed by atoms with Crippen LogP contribution in [0.2, 0.25) is 0 Å². The molecule has 2 aliphatic heterocycles. The Labute approximate surface area is 206 Å². The van der Waals surface area contributed by atoms with Crippen molar-refractivity contribution in [2.24, 2.45) is 17.8 Å². The highest BCUT2D eigenvalue weighted by molar-refractivity contribution is 5.93. The molecular weight excluding hydrogens is 480 g/mol. The van der Waals surface area contributed by atoms with Crippen LogP contribution in [0.3, 0.4) is 0 Å². The van der Waals surface area contributed by atoms with E-state index in [2.05, 4.69) is 0 Å². The van der Waals surface area contributed by atoms with Crippen LogP contribution in [0.1, 0.15) is 18.9 Å². The first kappa shape index (κ1) is 26.3. The fourth-order valence-electron chi connectivity index (χ4n) is 4.87. The topological polar surface area (TPSA) is 192 Å². The van der Waals surface area contributed by atoms with Gasteiger partial charge in [-0.25, -0.2) is 4.79 Å². The zero-order chi connectivity index (χ0) is 26.1. The molecule has 198 valence electrons. The largest absolute Gasteiger partial charge is 0.504 e. The van der Waals surface area contributed by atoms with Gasteiger partial charge in [0.15, 0.2) is 17.8 Å². The molecule has 0 radical (unpaired) electrons. The first-order chi connectivity index (χ1) is 17.1. The maximum absolute atomic E-state index is 12.8. The normalized spacial score (nSPS) is 36.1. The highest BCUT2D eigenvalue weighted by atomic mass is 16.8. The standard InChI is InChI=1S/C24H30O12/c1-10-15(27)7-12-13(22(32)33-5-4-11-2-3-14(26)16(28)6-11)9-34-23(18(10)12)36-24-21(31)20(30)19(29)17(8-25)35-24/h2-3,6,9-10,12,17-21,23-26,28-31H,4-5,7-8H2,1H3/t10-,12+,17-,18+,19+,20+,21+,23+,24+/m0/s1. The first-order valence-electron chi connectivity index (χ1n) is 11.6. The van der Waals surface area contributed by atoms with Crippen molar-refractivity contribution in [2.45, 2.75) is 56.8 Å². The first-order valence-corrected chi connectivity index (χ1v) is 11.6. The lowest BCUT2D eigenvalue weighted by Crippen LogP contribution is -2.60. The molecular formula is C24H30O12. The summed E-state index contributed by atoms with van der Waals surface area (Å²) in [6, 6.07) is 4.27. The van der Waals surface area contributed by atoms with Gasteiger partial charge in [0.2, 0.25) is 6.29 Å². The van der Waals surface area contributed by atoms with Crippen molar-refractivity contribution in [2.75, 3.05) is 13.2 Å². The Morgan fingerprint density at radius 3 is 2.53 bits per heavy atom. The predicted octanol–water partition coefficient (Wildman–Crippen LogP) is -0.919. The van der Waals surface area contributed by atoms with Crippen LogP contribution in [-0.2, 0) is 35.0 Å². The Bertz CT molecular complexity index is 1010. The molecule has 9 atom stereocenters.